The third-order valence-corrected chi connectivity index (χ3v) is 7.54. The molecule has 0 spiro atoms. The van der Waals surface area contributed by atoms with E-state index in [0.29, 0.717) is 21.0 Å². The van der Waals surface area contributed by atoms with E-state index in [1.165, 1.54) is 23.0 Å². The van der Waals surface area contributed by atoms with Gasteiger partial charge in [-0.3, -0.25) is 9.59 Å². The van der Waals surface area contributed by atoms with Crippen molar-refractivity contribution in [3.63, 3.8) is 0 Å². The third-order valence-electron chi connectivity index (χ3n) is 4.92. The number of aromatic nitrogens is 3. The first-order valence-electron chi connectivity index (χ1n) is 10.8. The fraction of sp³-hybridized carbons (Fsp3) is 0.304. The lowest BCUT2D eigenvalue weighted by Crippen LogP contribution is -2.45. The van der Waals surface area contributed by atoms with Gasteiger partial charge in [0, 0.05) is 27.3 Å². The number of amides is 2. The fourth-order valence-electron chi connectivity index (χ4n) is 3.34. The molecule has 2 amide bonds. The van der Waals surface area contributed by atoms with Crippen LogP contribution in [0.2, 0.25) is 10.0 Å². The second-order valence-electron chi connectivity index (χ2n) is 9.07. The van der Waals surface area contributed by atoms with E-state index in [1.807, 2.05) is 20.8 Å². The Balaban J connectivity index is 1.71. The molecule has 1 fully saturated rings. The molecule has 1 aliphatic heterocycles. The smallest absolute Gasteiger partial charge is 0.274 e. The van der Waals surface area contributed by atoms with Crippen LogP contribution in [0.4, 0.5) is 5.69 Å². The number of hydrogen-bond acceptors (Lipinski definition) is 6. The van der Waals surface area contributed by atoms with Crippen LogP contribution in [0.3, 0.4) is 0 Å². The number of pyridine rings is 1. The highest BCUT2D eigenvalue weighted by atomic mass is 79.9. The molecule has 36 heavy (non-hydrogen) atoms. The van der Waals surface area contributed by atoms with Gasteiger partial charge >= 0.3 is 0 Å². The van der Waals surface area contributed by atoms with Gasteiger partial charge in [-0.2, -0.15) is 0 Å². The Morgan fingerprint density at radius 3 is 2.58 bits per heavy atom. The number of hydrogen-bond donors (Lipinski definition) is 2. The Kier molecular flexibility index (Phi) is 7.86. The number of benzene rings is 1. The Morgan fingerprint density at radius 1 is 1.22 bits per heavy atom. The monoisotopic (exact) mass is 613 g/mol. The minimum atomic E-state index is -0.915. The van der Waals surface area contributed by atoms with Gasteiger partial charge in [0.2, 0.25) is 5.88 Å². The second-order valence-corrected chi connectivity index (χ2v) is 12.3. The third kappa shape index (κ3) is 6.15. The van der Waals surface area contributed by atoms with Crippen molar-refractivity contribution in [3.05, 3.63) is 62.3 Å². The summed E-state index contributed by atoms with van der Waals surface area (Å²) in [5, 5.41) is 10.6. The number of halogens is 3. The molecule has 3 aromatic rings. The van der Waals surface area contributed by atoms with Gasteiger partial charge in [-0.15, -0.1) is 5.10 Å². The predicted octanol–water partition coefficient (Wildman–Crippen LogP) is 4.63. The van der Waals surface area contributed by atoms with Crippen LogP contribution in [0.25, 0.3) is 5.82 Å². The molecule has 9 nitrogen and oxygen atoms in total. The molecule has 190 valence electrons. The van der Waals surface area contributed by atoms with Crippen LogP contribution in [-0.2, 0) is 11.2 Å². The lowest BCUT2D eigenvalue weighted by atomic mass is 10.1. The zero-order valence-electron chi connectivity index (χ0n) is 19.5. The van der Waals surface area contributed by atoms with Crippen molar-refractivity contribution in [2.45, 2.75) is 32.4 Å². The number of carbonyl (C=O) groups excluding carboxylic acids is 2. The van der Waals surface area contributed by atoms with Gasteiger partial charge in [-0.05, 0) is 72.1 Å². The summed E-state index contributed by atoms with van der Waals surface area (Å²) in [6.07, 6.45) is 1.26. The molecule has 4 rings (SSSR count). The van der Waals surface area contributed by atoms with Gasteiger partial charge in [-0.1, -0.05) is 23.2 Å². The van der Waals surface area contributed by atoms with Crippen molar-refractivity contribution >= 4 is 67.8 Å². The Morgan fingerprint density at radius 2 is 1.94 bits per heavy atom. The van der Waals surface area contributed by atoms with Crippen molar-refractivity contribution in [2.75, 3.05) is 16.8 Å². The highest BCUT2D eigenvalue weighted by molar-refractivity contribution is 9.10. The first-order chi connectivity index (χ1) is 16.9. The molecule has 2 N–H and O–H groups in total. The van der Waals surface area contributed by atoms with E-state index in [0.717, 1.165) is 0 Å². The number of nitrogens with zero attached hydrogens (tertiary/aromatic N) is 3. The highest BCUT2D eigenvalue weighted by Crippen LogP contribution is 2.32. The topological polar surface area (TPSA) is 121 Å². The average Bonchev–Trinajstić information content (AvgIpc) is 3.17. The van der Waals surface area contributed by atoms with Crippen LogP contribution in [0, 0.1) is 0 Å². The van der Waals surface area contributed by atoms with Crippen molar-refractivity contribution < 1.29 is 18.9 Å². The van der Waals surface area contributed by atoms with Crippen LogP contribution in [0.5, 0.6) is 5.88 Å². The van der Waals surface area contributed by atoms with E-state index in [2.05, 4.69) is 36.6 Å². The standard InChI is InChI=1S/C23H22BrCl2N5O4S/c1-23(2,3)29-21(32)14-7-12(25)8-15(24)19(14)28-22(33)17-9-18(35-13-10-36(34)11-13)30-31(17)20-16(26)5-4-6-27-20/h4-9,13H,10-11H2,1-3H3,(H,28,33)(H,29,32). The van der Waals surface area contributed by atoms with Crippen molar-refractivity contribution in [2.24, 2.45) is 0 Å². The van der Waals surface area contributed by atoms with Gasteiger partial charge in [0.25, 0.3) is 11.8 Å². The maximum Gasteiger partial charge on any atom is 0.274 e. The fourth-order valence-corrected chi connectivity index (χ4v) is 5.32. The van der Waals surface area contributed by atoms with E-state index in [-0.39, 0.29) is 39.8 Å². The van der Waals surface area contributed by atoms with Gasteiger partial charge in [0.05, 0.1) is 16.3 Å². The van der Waals surface area contributed by atoms with Crippen LogP contribution in [-0.4, -0.2) is 54.3 Å². The second kappa shape index (κ2) is 10.6. The molecule has 1 aromatic carbocycles. The molecule has 0 bridgehead atoms. The Labute approximate surface area is 229 Å². The molecule has 0 aliphatic carbocycles. The normalized spacial score (nSPS) is 17.3. The zero-order chi connectivity index (χ0) is 26.2. The SMILES string of the molecule is CC(C)(C)NC(=O)c1cc(Cl)cc(Br)c1NC(=O)c1cc(OC2C[S+]([O-])C2)nn1-c1ncccc1Cl. The largest absolute Gasteiger partial charge is 0.616 e. The average molecular weight is 615 g/mol. The van der Waals surface area contributed by atoms with Crippen LogP contribution < -0.4 is 15.4 Å². The molecule has 13 heteroatoms. The van der Waals surface area contributed by atoms with Crippen LogP contribution in [0.1, 0.15) is 41.6 Å². The molecular formula is C23H22BrCl2N5O4S. The molecule has 1 saturated heterocycles. The summed E-state index contributed by atoms with van der Waals surface area (Å²) >= 11 is 15.0. The first kappa shape index (κ1) is 26.7. The summed E-state index contributed by atoms with van der Waals surface area (Å²) in [4.78, 5) is 30.8. The van der Waals surface area contributed by atoms with Gasteiger partial charge in [-0.25, -0.2) is 9.67 Å². The quantitative estimate of drug-likeness (QED) is 0.391. The van der Waals surface area contributed by atoms with E-state index >= 15 is 0 Å². The summed E-state index contributed by atoms with van der Waals surface area (Å²) in [6, 6.07) is 7.76. The predicted molar refractivity (Wildman–Crippen MR) is 143 cm³/mol. The Hall–Kier alpha value is -2.31. The van der Waals surface area contributed by atoms with E-state index in [9.17, 15) is 14.1 Å². The highest BCUT2D eigenvalue weighted by Gasteiger charge is 2.35. The van der Waals surface area contributed by atoms with Crippen molar-refractivity contribution in [3.8, 4) is 11.7 Å². The maximum absolute atomic E-state index is 13.5. The van der Waals surface area contributed by atoms with Gasteiger partial charge < -0.3 is 19.9 Å². The van der Waals surface area contributed by atoms with Crippen molar-refractivity contribution in [1.82, 2.24) is 20.1 Å². The lowest BCUT2D eigenvalue weighted by molar-refractivity contribution is 0.0920. The zero-order valence-corrected chi connectivity index (χ0v) is 23.4. The summed E-state index contributed by atoms with van der Waals surface area (Å²) in [5.74, 6) is 0.154. The number of rotatable bonds is 6. The summed E-state index contributed by atoms with van der Waals surface area (Å²) in [7, 11) is 0. The van der Waals surface area contributed by atoms with E-state index in [4.69, 9.17) is 27.9 Å². The molecule has 0 atom stereocenters. The molecule has 0 saturated carbocycles. The number of carbonyl (C=O) groups is 2. The van der Waals surface area contributed by atoms with E-state index < -0.39 is 28.5 Å². The number of ether oxygens (including phenoxy) is 1. The summed E-state index contributed by atoms with van der Waals surface area (Å²) in [6.45, 7) is 5.53. The van der Waals surface area contributed by atoms with E-state index in [1.54, 1.807) is 18.2 Å². The molecule has 1 aliphatic rings. The minimum absolute atomic E-state index is 0.0649. The molecule has 3 heterocycles. The van der Waals surface area contributed by atoms with Gasteiger partial charge in [0.15, 0.2) is 11.9 Å². The lowest BCUT2D eigenvalue weighted by Gasteiger charge is -2.27. The summed E-state index contributed by atoms with van der Waals surface area (Å²) in [5.41, 5.74) is -0.0511. The van der Waals surface area contributed by atoms with Crippen LogP contribution in [0.15, 0.2) is 41.0 Å². The molecule has 2 aromatic heterocycles. The number of nitrogens with one attached hydrogen (secondary N) is 2. The minimum Gasteiger partial charge on any atom is -0.616 e. The molecule has 0 unspecified atom stereocenters. The summed E-state index contributed by atoms with van der Waals surface area (Å²) < 4.78 is 18.9. The van der Waals surface area contributed by atoms with Gasteiger partial charge in [0.1, 0.15) is 17.2 Å². The van der Waals surface area contributed by atoms with Crippen molar-refractivity contribution in [1.29, 1.82) is 0 Å². The maximum atomic E-state index is 13.5. The molecular weight excluding hydrogens is 593 g/mol. The number of anilines is 1. The molecule has 0 radical (unpaired) electrons. The first-order valence-corrected chi connectivity index (χ1v) is 13.8. The van der Waals surface area contributed by atoms with Crippen LogP contribution >= 0.6 is 39.1 Å². The Bertz CT molecular complexity index is 1320.